The van der Waals surface area contributed by atoms with E-state index >= 15 is 0 Å². The van der Waals surface area contributed by atoms with Crippen LogP contribution < -0.4 is 0 Å². The normalized spacial score (nSPS) is 10.0. The van der Waals surface area contributed by atoms with Gasteiger partial charge in [0.25, 0.3) is 0 Å². The Bertz CT molecular complexity index is 274. The molecule has 0 aliphatic carbocycles. The van der Waals surface area contributed by atoms with E-state index in [1.807, 2.05) is 30.3 Å². The van der Waals surface area contributed by atoms with Gasteiger partial charge in [-0.15, -0.1) is 0 Å². The van der Waals surface area contributed by atoms with Crippen LogP contribution in [0.1, 0.15) is 12.0 Å². The molecule has 0 bridgehead atoms. The Hall–Kier alpha value is -1.42. The second-order valence-corrected chi connectivity index (χ2v) is 2.95. The van der Waals surface area contributed by atoms with Gasteiger partial charge >= 0.3 is 0 Å². The van der Waals surface area contributed by atoms with E-state index in [0.717, 1.165) is 5.56 Å². The SMILES string of the molecule is O=[N+]([O-])CCCOCc1ccccc1. The molecule has 76 valence electrons. The number of ether oxygens (including phenoxy) is 1. The Labute approximate surface area is 82.7 Å². The predicted molar refractivity (Wildman–Crippen MR) is 52.6 cm³/mol. The fraction of sp³-hybridized carbons (Fsp3) is 0.400. The van der Waals surface area contributed by atoms with Gasteiger partial charge in [0.2, 0.25) is 6.54 Å². The summed E-state index contributed by atoms with van der Waals surface area (Å²) in [7, 11) is 0. The van der Waals surface area contributed by atoms with Crippen molar-refractivity contribution in [3.05, 3.63) is 46.0 Å². The summed E-state index contributed by atoms with van der Waals surface area (Å²) in [5, 5.41) is 9.98. The quantitative estimate of drug-likeness (QED) is 0.395. The highest BCUT2D eigenvalue weighted by Crippen LogP contribution is 2.00. The van der Waals surface area contributed by atoms with Gasteiger partial charge < -0.3 is 4.74 Å². The molecule has 0 amide bonds. The summed E-state index contributed by atoms with van der Waals surface area (Å²) in [4.78, 5) is 9.65. The minimum atomic E-state index is -0.328. The minimum absolute atomic E-state index is 0.0191. The molecule has 4 nitrogen and oxygen atoms in total. The van der Waals surface area contributed by atoms with Crippen molar-refractivity contribution in [1.29, 1.82) is 0 Å². The lowest BCUT2D eigenvalue weighted by Gasteiger charge is -2.01. The Kier molecular flexibility index (Phi) is 4.64. The molecule has 4 heteroatoms. The van der Waals surface area contributed by atoms with E-state index in [1.165, 1.54) is 0 Å². The van der Waals surface area contributed by atoms with Crippen LogP contribution in [0.25, 0.3) is 0 Å². The van der Waals surface area contributed by atoms with Crippen molar-refractivity contribution < 1.29 is 9.66 Å². The summed E-state index contributed by atoms with van der Waals surface area (Å²) in [6.07, 6.45) is 0.472. The maximum absolute atomic E-state index is 9.98. The summed E-state index contributed by atoms with van der Waals surface area (Å²) in [6.45, 7) is 0.948. The molecule has 1 aromatic carbocycles. The van der Waals surface area contributed by atoms with Crippen molar-refractivity contribution in [2.75, 3.05) is 13.2 Å². The summed E-state index contributed by atoms with van der Waals surface area (Å²) in [5.41, 5.74) is 1.09. The summed E-state index contributed by atoms with van der Waals surface area (Å²) in [6, 6.07) is 9.75. The smallest absolute Gasteiger partial charge is 0.206 e. The van der Waals surface area contributed by atoms with E-state index in [1.54, 1.807) is 0 Å². The van der Waals surface area contributed by atoms with E-state index in [-0.39, 0.29) is 11.5 Å². The van der Waals surface area contributed by atoms with Crippen LogP contribution >= 0.6 is 0 Å². The molecule has 0 radical (unpaired) electrons. The van der Waals surface area contributed by atoms with E-state index in [9.17, 15) is 10.1 Å². The fourth-order valence-electron chi connectivity index (χ4n) is 1.06. The molecule has 0 saturated carbocycles. The van der Waals surface area contributed by atoms with Gasteiger partial charge in [0, 0.05) is 11.3 Å². The van der Waals surface area contributed by atoms with E-state index in [0.29, 0.717) is 19.6 Å². The van der Waals surface area contributed by atoms with Crippen LogP contribution in [-0.4, -0.2) is 18.1 Å². The topological polar surface area (TPSA) is 52.4 Å². The molecule has 1 rings (SSSR count). The molecule has 0 unspecified atom stereocenters. The Morgan fingerprint density at radius 2 is 2.00 bits per heavy atom. The standard InChI is InChI=1S/C10H13NO3/c12-11(13)7-4-8-14-9-10-5-2-1-3-6-10/h1-3,5-6H,4,7-9H2. The highest BCUT2D eigenvalue weighted by Gasteiger charge is 1.96. The molecular weight excluding hydrogens is 182 g/mol. The van der Waals surface area contributed by atoms with Crippen molar-refractivity contribution in [1.82, 2.24) is 0 Å². The highest BCUT2D eigenvalue weighted by molar-refractivity contribution is 5.13. The Morgan fingerprint density at radius 3 is 2.64 bits per heavy atom. The third-order valence-electron chi connectivity index (χ3n) is 1.74. The highest BCUT2D eigenvalue weighted by atomic mass is 16.6. The summed E-state index contributed by atoms with van der Waals surface area (Å²) < 4.78 is 5.27. The zero-order chi connectivity index (χ0) is 10.2. The lowest BCUT2D eigenvalue weighted by atomic mass is 10.2. The van der Waals surface area contributed by atoms with E-state index in [2.05, 4.69) is 0 Å². The zero-order valence-corrected chi connectivity index (χ0v) is 7.89. The molecule has 0 atom stereocenters. The molecule has 0 fully saturated rings. The Balaban J connectivity index is 2.08. The lowest BCUT2D eigenvalue weighted by Crippen LogP contribution is -2.05. The maximum atomic E-state index is 9.98. The second kappa shape index (κ2) is 6.10. The average molecular weight is 195 g/mol. The molecule has 0 aromatic heterocycles. The van der Waals surface area contributed by atoms with Gasteiger partial charge in [-0.25, -0.2) is 0 Å². The van der Waals surface area contributed by atoms with Crippen LogP contribution in [-0.2, 0) is 11.3 Å². The molecule has 1 aromatic rings. The molecular formula is C10H13NO3. The Morgan fingerprint density at radius 1 is 1.29 bits per heavy atom. The monoisotopic (exact) mass is 195 g/mol. The minimum Gasteiger partial charge on any atom is -0.377 e. The van der Waals surface area contributed by atoms with Crippen LogP contribution in [0, 0.1) is 10.1 Å². The van der Waals surface area contributed by atoms with E-state index < -0.39 is 0 Å². The number of hydrogen-bond donors (Lipinski definition) is 0. The van der Waals surface area contributed by atoms with Gasteiger partial charge in [0.15, 0.2) is 0 Å². The third kappa shape index (κ3) is 4.57. The first kappa shape index (κ1) is 10.7. The molecule has 0 saturated heterocycles. The lowest BCUT2D eigenvalue weighted by molar-refractivity contribution is -0.481. The van der Waals surface area contributed by atoms with Gasteiger partial charge in [-0.05, 0) is 5.56 Å². The molecule has 14 heavy (non-hydrogen) atoms. The molecule has 0 spiro atoms. The first-order valence-corrected chi connectivity index (χ1v) is 4.52. The number of nitro groups is 1. The molecule has 0 aliphatic rings. The van der Waals surface area contributed by atoms with Crippen LogP contribution in [0.4, 0.5) is 0 Å². The fourth-order valence-corrected chi connectivity index (χ4v) is 1.06. The van der Waals surface area contributed by atoms with E-state index in [4.69, 9.17) is 4.74 Å². The van der Waals surface area contributed by atoms with Crippen LogP contribution in [0.15, 0.2) is 30.3 Å². The largest absolute Gasteiger partial charge is 0.377 e. The van der Waals surface area contributed by atoms with Crippen LogP contribution in [0.3, 0.4) is 0 Å². The number of nitrogens with zero attached hydrogens (tertiary/aromatic N) is 1. The average Bonchev–Trinajstić information content (AvgIpc) is 2.18. The van der Waals surface area contributed by atoms with Gasteiger partial charge in [0.05, 0.1) is 13.2 Å². The number of hydrogen-bond acceptors (Lipinski definition) is 3. The first-order valence-electron chi connectivity index (χ1n) is 4.52. The predicted octanol–water partition coefficient (Wildman–Crippen LogP) is 1.87. The van der Waals surface area contributed by atoms with Crippen molar-refractivity contribution >= 4 is 0 Å². The molecule has 0 N–H and O–H groups in total. The number of benzene rings is 1. The number of rotatable bonds is 6. The summed E-state index contributed by atoms with van der Waals surface area (Å²) in [5.74, 6) is 0. The van der Waals surface area contributed by atoms with Gasteiger partial charge in [-0.3, -0.25) is 10.1 Å². The van der Waals surface area contributed by atoms with Crippen molar-refractivity contribution in [2.24, 2.45) is 0 Å². The van der Waals surface area contributed by atoms with Gasteiger partial charge in [-0.1, -0.05) is 30.3 Å². The van der Waals surface area contributed by atoms with Gasteiger partial charge in [-0.2, -0.15) is 0 Å². The van der Waals surface area contributed by atoms with Gasteiger partial charge in [0.1, 0.15) is 0 Å². The third-order valence-corrected chi connectivity index (χ3v) is 1.74. The second-order valence-electron chi connectivity index (χ2n) is 2.95. The zero-order valence-electron chi connectivity index (χ0n) is 7.89. The van der Waals surface area contributed by atoms with Crippen LogP contribution in [0.5, 0.6) is 0 Å². The van der Waals surface area contributed by atoms with Crippen molar-refractivity contribution in [3.63, 3.8) is 0 Å². The molecule has 0 heterocycles. The maximum Gasteiger partial charge on any atom is 0.206 e. The van der Waals surface area contributed by atoms with Crippen molar-refractivity contribution in [3.8, 4) is 0 Å². The molecule has 0 aliphatic heterocycles. The van der Waals surface area contributed by atoms with Crippen molar-refractivity contribution in [2.45, 2.75) is 13.0 Å². The first-order chi connectivity index (χ1) is 6.79. The summed E-state index contributed by atoms with van der Waals surface area (Å²) >= 11 is 0. The van der Waals surface area contributed by atoms with Crippen LogP contribution in [0.2, 0.25) is 0 Å².